The Morgan fingerprint density at radius 3 is 2.57 bits per heavy atom. The Labute approximate surface area is 126 Å². The number of carbonyl (C=O) groups excluding carboxylic acids is 2. The Hall–Kier alpha value is -1.11. The maximum absolute atomic E-state index is 12.4. The van der Waals surface area contributed by atoms with Gasteiger partial charge in [-0.25, -0.2) is 8.42 Å². The molecule has 1 N–H and O–H groups in total. The Morgan fingerprint density at radius 1 is 1.38 bits per heavy atom. The maximum Gasteiger partial charge on any atom is 0.243 e. The van der Waals surface area contributed by atoms with Crippen molar-refractivity contribution < 1.29 is 18.0 Å². The number of likely N-dealkylation sites (tertiary alicyclic amines) is 1. The molecule has 2 saturated heterocycles. The van der Waals surface area contributed by atoms with Crippen LogP contribution in [0.15, 0.2) is 0 Å². The lowest BCUT2D eigenvalue weighted by Crippen LogP contribution is -2.51. The molecule has 0 aromatic rings. The summed E-state index contributed by atoms with van der Waals surface area (Å²) >= 11 is 0. The largest absolute Gasteiger partial charge is 0.353 e. The van der Waals surface area contributed by atoms with Gasteiger partial charge in [-0.15, -0.1) is 0 Å². The van der Waals surface area contributed by atoms with Crippen LogP contribution in [0.1, 0.15) is 39.5 Å². The highest BCUT2D eigenvalue weighted by atomic mass is 32.2. The third-order valence-corrected chi connectivity index (χ3v) is 6.59. The molecule has 2 aliphatic heterocycles. The summed E-state index contributed by atoms with van der Waals surface area (Å²) in [4.78, 5) is 25.9. The quantitative estimate of drug-likeness (QED) is 0.792. The number of hydrogen-bond donors (Lipinski definition) is 1. The molecule has 6 nitrogen and oxygen atoms in total. The first-order valence-electron chi connectivity index (χ1n) is 7.61. The van der Waals surface area contributed by atoms with E-state index in [2.05, 4.69) is 5.32 Å². The van der Waals surface area contributed by atoms with E-state index >= 15 is 0 Å². The van der Waals surface area contributed by atoms with Gasteiger partial charge >= 0.3 is 0 Å². The highest BCUT2D eigenvalue weighted by Crippen LogP contribution is 2.21. The van der Waals surface area contributed by atoms with Crippen molar-refractivity contribution in [1.82, 2.24) is 10.2 Å². The molecule has 0 aromatic heterocycles. The number of amides is 2. The highest BCUT2D eigenvalue weighted by Gasteiger charge is 2.36. The molecule has 21 heavy (non-hydrogen) atoms. The summed E-state index contributed by atoms with van der Waals surface area (Å²) in [5, 5.41) is 2.28. The van der Waals surface area contributed by atoms with Gasteiger partial charge in [0.2, 0.25) is 11.8 Å². The van der Waals surface area contributed by atoms with Crippen molar-refractivity contribution in [3.05, 3.63) is 0 Å². The standard InChI is InChI=1S/C14H24N2O4S/c1-10(2)13(16-7-3-6-12(16)17)14(18)15-9-11-5-4-8-21(11,19)20/h10-11,13H,3-9H2,1-2H3,(H,15,18). The predicted molar refractivity (Wildman–Crippen MR) is 79.4 cm³/mol. The van der Waals surface area contributed by atoms with Crippen LogP contribution in [-0.4, -0.2) is 55.3 Å². The van der Waals surface area contributed by atoms with E-state index < -0.39 is 21.1 Å². The normalized spacial score (nSPS) is 26.3. The van der Waals surface area contributed by atoms with Crippen molar-refractivity contribution in [2.45, 2.75) is 50.8 Å². The summed E-state index contributed by atoms with van der Waals surface area (Å²) in [5.74, 6) is -0.00177. The molecule has 2 unspecified atom stereocenters. The zero-order valence-electron chi connectivity index (χ0n) is 12.7. The number of carbonyl (C=O) groups is 2. The third kappa shape index (κ3) is 3.56. The van der Waals surface area contributed by atoms with Crippen LogP contribution in [0.3, 0.4) is 0 Å². The molecule has 2 aliphatic rings. The number of nitrogens with zero attached hydrogens (tertiary/aromatic N) is 1. The van der Waals surface area contributed by atoms with Crippen LogP contribution in [0.4, 0.5) is 0 Å². The number of hydrogen-bond acceptors (Lipinski definition) is 4. The third-order valence-electron chi connectivity index (χ3n) is 4.31. The van der Waals surface area contributed by atoms with Crippen LogP contribution >= 0.6 is 0 Å². The van der Waals surface area contributed by atoms with E-state index in [1.807, 2.05) is 13.8 Å². The Morgan fingerprint density at radius 2 is 2.10 bits per heavy atom. The van der Waals surface area contributed by atoms with E-state index in [1.165, 1.54) is 0 Å². The van der Waals surface area contributed by atoms with Gasteiger partial charge in [-0.05, 0) is 25.2 Å². The molecule has 2 rings (SSSR count). The lowest BCUT2D eigenvalue weighted by atomic mass is 10.0. The Bertz CT molecular complexity index is 515. The van der Waals surface area contributed by atoms with Crippen LogP contribution in [0.25, 0.3) is 0 Å². The fourth-order valence-electron chi connectivity index (χ4n) is 3.17. The molecule has 2 fully saturated rings. The zero-order chi connectivity index (χ0) is 15.6. The Balaban J connectivity index is 1.98. The van der Waals surface area contributed by atoms with Crippen LogP contribution in [0.2, 0.25) is 0 Å². The van der Waals surface area contributed by atoms with Gasteiger partial charge in [-0.1, -0.05) is 13.8 Å². The maximum atomic E-state index is 12.4. The second-order valence-electron chi connectivity index (χ2n) is 6.26. The lowest BCUT2D eigenvalue weighted by molar-refractivity contribution is -0.139. The first-order chi connectivity index (χ1) is 9.83. The number of sulfone groups is 1. The van der Waals surface area contributed by atoms with Crippen molar-refractivity contribution in [3.63, 3.8) is 0 Å². The van der Waals surface area contributed by atoms with Crippen molar-refractivity contribution in [2.75, 3.05) is 18.8 Å². The van der Waals surface area contributed by atoms with Gasteiger partial charge in [0, 0.05) is 19.5 Å². The minimum atomic E-state index is -3.05. The SMILES string of the molecule is CC(C)C(C(=O)NCC1CCCS1(=O)=O)N1CCCC1=O. The van der Waals surface area contributed by atoms with E-state index in [1.54, 1.807) is 4.90 Å². The fourth-order valence-corrected chi connectivity index (χ4v) is 4.94. The van der Waals surface area contributed by atoms with Crippen LogP contribution in [-0.2, 0) is 19.4 Å². The van der Waals surface area contributed by atoms with Gasteiger partial charge < -0.3 is 10.2 Å². The van der Waals surface area contributed by atoms with E-state index in [4.69, 9.17) is 0 Å². The lowest BCUT2D eigenvalue weighted by Gasteiger charge is -2.30. The minimum absolute atomic E-state index is 0.00670. The number of rotatable bonds is 5. The summed E-state index contributed by atoms with van der Waals surface area (Å²) in [7, 11) is -3.05. The molecule has 0 radical (unpaired) electrons. The van der Waals surface area contributed by atoms with Crippen LogP contribution < -0.4 is 5.32 Å². The van der Waals surface area contributed by atoms with E-state index in [0.717, 1.165) is 6.42 Å². The van der Waals surface area contributed by atoms with Gasteiger partial charge in [-0.2, -0.15) is 0 Å². The first-order valence-corrected chi connectivity index (χ1v) is 9.33. The predicted octanol–water partition coefficient (Wildman–Crippen LogP) is 0.327. The molecule has 0 aromatic carbocycles. The zero-order valence-corrected chi connectivity index (χ0v) is 13.5. The van der Waals surface area contributed by atoms with Gasteiger partial charge in [0.25, 0.3) is 0 Å². The molecule has 0 aliphatic carbocycles. The topological polar surface area (TPSA) is 83.6 Å². The summed E-state index contributed by atoms with van der Waals surface area (Å²) in [6.07, 6.45) is 2.55. The molecule has 7 heteroatoms. The summed E-state index contributed by atoms with van der Waals surface area (Å²) in [5.41, 5.74) is 0. The van der Waals surface area contributed by atoms with Crippen LogP contribution in [0, 0.1) is 5.92 Å². The highest BCUT2D eigenvalue weighted by molar-refractivity contribution is 7.92. The van der Waals surface area contributed by atoms with E-state index in [-0.39, 0.29) is 30.0 Å². The Kier molecular flexibility index (Phi) is 4.91. The molecule has 2 atom stereocenters. The monoisotopic (exact) mass is 316 g/mol. The molecule has 0 spiro atoms. The second-order valence-corrected chi connectivity index (χ2v) is 8.66. The summed E-state index contributed by atoms with van der Waals surface area (Å²) < 4.78 is 23.5. The van der Waals surface area contributed by atoms with Gasteiger partial charge in [0.15, 0.2) is 9.84 Å². The first kappa shape index (κ1) is 16.3. The minimum Gasteiger partial charge on any atom is -0.353 e. The average molecular weight is 316 g/mol. The molecular formula is C14H24N2O4S. The van der Waals surface area contributed by atoms with Crippen molar-refractivity contribution in [3.8, 4) is 0 Å². The molecule has 120 valence electrons. The molecule has 0 bridgehead atoms. The van der Waals surface area contributed by atoms with Gasteiger partial charge in [0.05, 0.1) is 11.0 Å². The molecular weight excluding hydrogens is 292 g/mol. The molecule has 2 amide bonds. The van der Waals surface area contributed by atoms with E-state index in [0.29, 0.717) is 25.8 Å². The smallest absolute Gasteiger partial charge is 0.243 e. The van der Waals surface area contributed by atoms with E-state index in [9.17, 15) is 18.0 Å². The summed E-state index contributed by atoms with van der Waals surface area (Å²) in [6.45, 7) is 4.58. The molecule has 0 saturated carbocycles. The average Bonchev–Trinajstić information content (AvgIpc) is 2.93. The summed E-state index contributed by atoms with van der Waals surface area (Å²) in [6, 6.07) is -0.496. The van der Waals surface area contributed by atoms with Crippen molar-refractivity contribution in [2.24, 2.45) is 5.92 Å². The van der Waals surface area contributed by atoms with Gasteiger partial charge in [-0.3, -0.25) is 9.59 Å². The molecule has 2 heterocycles. The van der Waals surface area contributed by atoms with Crippen LogP contribution in [0.5, 0.6) is 0 Å². The van der Waals surface area contributed by atoms with Crippen molar-refractivity contribution >= 4 is 21.7 Å². The number of nitrogens with one attached hydrogen (secondary N) is 1. The fraction of sp³-hybridized carbons (Fsp3) is 0.857. The van der Waals surface area contributed by atoms with Gasteiger partial charge in [0.1, 0.15) is 6.04 Å². The second kappa shape index (κ2) is 6.34. The van der Waals surface area contributed by atoms with Crippen molar-refractivity contribution in [1.29, 1.82) is 0 Å².